The molecule has 3 N–H and O–H groups in total. The second kappa shape index (κ2) is 6.95. The molecule has 0 amide bonds. The van der Waals surface area contributed by atoms with Gasteiger partial charge >= 0.3 is 0 Å². The summed E-state index contributed by atoms with van der Waals surface area (Å²) in [5, 5.41) is 0. The summed E-state index contributed by atoms with van der Waals surface area (Å²) in [5.74, 6) is 7.28. The Kier molecular flexibility index (Phi) is 7.12. The van der Waals surface area contributed by atoms with Crippen molar-refractivity contribution in [3.63, 3.8) is 0 Å². The van der Waals surface area contributed by atoms with Gasteiger partial charge in [0.25, 0.3) is 0 Å². The van der Waals surface area contributed by atoms with E-state index in [2.05, 4.69) is 25.5 Å². The van der Waals surface area contributed by atoms with E-state index in [4.69, 9.17) is 5.84 Å². The van der Waals surface area contributed by atoms with Crippen molar-refractivity contribution < 1.29 is 0 Å². The molecule has 11 heavy (non-hydrogen) atoms. The molecule has 0 aromatic carbocycles. The van der Waals surface area contributed by atoms with Crippen molar-refractivity contribution in [1.29, 1.82) is 0 Å². The highest BCUT2D eigenvalue weighted by molar-refractivity contribution is 7.98. The van der Waals surface area contributed by atoms with E-state index in [1.807, 2.05) is 11.8 Å². The topological polar surface area (TPSA) is 38.0 Å². The molecule has 0 aromatic rings. The van der Waals surface area contributed by atoms with Crippen LogP contribution in [0, 0.1) is 5.92 Å². The first kappa shape index (κ1) is 11.3. The molecule has 1 atom stereocenters. The maximum Gasteiger partial charge on any atom is 0.0301 e. The molecule has 0 aliphatic carbocycles. The van der Waals surface area contributed by atoms with Crippen molar-refractivity contribution >= 4 is 11.8 Å². The second-order valence-electron chi connectivity index (χ2n) is 3.29. The lowest BCUT2D eigenvalue weighted by molar-refractivity contribution is 0.464. The van der Waals surface area contributed by atoms with Gasteiger partial charge in [-0.2, -0.15) is 11.8 Å². The first-order chi connectivity index (χ1) is 5.20. The molecule has 0 heterocycles. The van der Waals surface area contributed by atoms with E-state index in [1.165, 1.54) is 12.8 Å². The Morgan fingerprint density at radius 3 is 2.36 bits per heavy atom. The van der Waals surface area contributed by atoms with Gasteiger partial charge in [-0.1, -0.05) is 13.8 Å². The third kappa shape index (κ3) is 6.66. The summed E-state index contributed by atoms with van der Waals surface area (Å²) in [6, 6.07) is 0.493. The van der Waals surface area contributed by atoms with Crippen LogP contribution < -0.4 is 11.3 Å². The Bertz CT molecular complexity index is 86.2. The summed E-state index contributed by atoms with van der Waals surface area (Å²) in [5.41, 5.74) is 2.84. The van der Waals surface area contributed by atoms with E-state index in [0.717, 1.165) is 11.7 Å². The number of hydrazine groups is 1. The lowest BCUT2D eigenvalue weighted by atomic mass is 10.0. The van der Waals surface area contributed by atoms with E-state index in [1.54, 1.807) is 0 Å². The monoisotopic (exact) mass is 176 g/mol. The van der Waals surface area contributed by atoms with E-state index >= 15 is 0 Å². The predicted molar refractivity (Wildman–Crippen MR) is 53.6 cm³/mol. The Balaban J connectivity index is 3.35. The van der Waals surface area contributed by atoms with Gasteiger partial charge in [-0.15, -0.1) is 0 Å². The minimum Gasteiger partial charge on any atom is -0.271 e. The van der Waals surface area contributed by atoms with Crippen LogP contribution in [0.15, 0.2) is 0 Å². The molecule has 0 radical (unpaired) electrons. The molecule has 2 nitrogen and oxygen atoms in total. The van der Waals surface area contributed by atoms with Crippen molar-refractivity contribution in [3.8, 4) is 0 Å². The van der Waals surface area contributed by atoms with Crippen LogP contribution in [0.3, 0.4) is 0 Å². The van der Waals surface area contributed by atoms with Crippen LogP contribution in [-0.2, 0) is 0 Å². The zero-order valence-corrected chi connectivity index (χ0v) is 8.58. The molecule has 0 aliphatic rings. The quantitative estimate of drug-likeness (QED) is 0.477. The van der Waals surface area contributed by atoms with Gasteiger partial charge in [-0.3, -0.25) is 11.3 Å². The molecule has 0 fully saturated rings. The molecule has 0 saturated heterocycles. The van der Waals surface area contributed by atoms with Gasteiger partial charge in [-0.25, -0.2) is 0 Å². The number of thioether (sulfide) groups is 1. The summed E-state index contributed by atoms with van der Waals surface area (Å²) in [6.45, 7) is 4.49. The molecule has 0 rings (SSSR count). The highest BCUT2D eigenvalue weighted by Crippen LogP contribution is 2.09. The summed E-state index contributed by atoms with van der Waals surface area (Å²) >= 11 is 1.84. The molecule has 0 bridgehead atoms. The Morgan fingerprint density at radius 1 is 1.36 bits per heavy atom. The molecular weight excluding hydrogens is 156 g/mol. The van der Waals surface area contributed by atoms with Crippen molar-refractivity contribution in [1.82, 2.24) is 5.43 Å². The number of hydrogen-bond donors (Lipinski definition) is 2. The minimum atomic E-state index is 0.493. The molecule has 0 spiro atoms. The van der Waals surface area contributed by atoms with Crippen LogP contribution in [-0.4, -0.2) is 18.1 Å². The van der Waals surface area contributed by atoms with Gasteiger partial charge in [0.2, 0.25) is 0 Å². The van der Waals surface area contributed by atoms with E-state index < -0.39 is 0 Å². The van der Waals surface area contributed by atoms with Crippen LogP contribution in [0.1, 0.15) is 26.7 Å². The summed E-state index contributed by atoms with van der Waals surface area (Å²) in [7, 11) is 0. The maximum absolute atomic E-state index is 5.38. The van der Waals surface area contributed by atoms with E-state index in [-0.39, 0.29) is 0 Å². The number of nitrogens with two attached hydrogens (primary N) is 1. The van der Waals surface area contributed by atoms with E-state index in [9.17, 15) is 0 Å². The standard InChI is InChI=1S/C8H20N2S/c1-7(2)4-5-8(10-9)6-11-3/h7-8,10H,4-6,9H2,1-3H3. The zero-order chi connectivity index (χ0) is 8.69. The number of hydrogen-bond acceptors (Lipinski definition) is 3. The Morgan fingerprint density at radius 2 is 2.00 bits per heavy atom. The SMILES string of the molecule is CSCC(CCC(C)C)NN. The molecule has 0 saturated carbocycles. The van der Waals surface area contributed by atoms with Gasteiger partial charge < -0.3 is 0 Å². The van der Waals surface area contributed by atoms with Crippen molar-refractivity contribution in [2.75, 3.05) is 12.0 Å². The molecule has 1 unspecified atom stereocenters. The Labute approximate surface area is 74.3 Å². The van der Waals surface area contributed by atoms with Gasteiger partial charge in [0.15, 0.2) is 0 Å². The Hall–Kier alpha value is 0.270. The third-order valence-electron chi connectivity index (χ3n) is 1.70. The van der Waals surface area contributed by atoms with Gasteiger partial charge in [0.1, 0.15) is 0 Å². The predicted octanol–water partition coefficient (Wildman–Crippen LogP) is 1.62. The first-order valence-electron chi connectivity index (χ1n) is 4.15. The fraction of sp³-hybridized carbons (Fsp3) is 1.00. The fourth-order valence-corrected chi connectivity index (χ4v) is 1.62. The minimum absolute atomic E-state index is 0.493. The summed E-state index contributed by atoms with van der Waals surface area (Å²) in [6.07, 6.45) is 4.56. The smallest absolute Gasteiger partial charge is 0.0301 e. The van der Waals surface area contributed by atoms with Crippen LogP contribution in [0.4, 0.5) is 0 Å². The summed E-state index contributed by atoms with van der Waals surface area (Å²) < 4.78 is 0. The van der Waals surface area contributed by atoms with Gasteiger partial charge in [0, 0.05) is 11.8 Å². The van der Waals surface area contributed by atoms with Crippen LogP contribution in [0.25, 0.3) is 0 Å². The lowest BCUT2D eigenvalue weighted by Gasteiger charge is -2.15. The molecule has 68 valence electrons. The zero-order valence-electron chi connectivity index (χ0n) is 7.76. The second-order valence-corrected chi connectivity index (χ2v) is 4.20. The fourth-order valence-electron chi connectivity index (χ4n) is 0.950. The first-order valence-corrected chi connectivity index (χ1v) is 5.55. The highest BCUT2D eigenvalue weighted by atomic mass is 32.2. The molecule has 3 heteroatoms. The van der Waals surface area contributed by atoms with Crippen molar-refractivity contribution in [2.24, 2.45) is 11.8 Å². The van der Waals surface area contributed by atoms with E-state index in [0.29, 0.717) is 6.04 Å². The number of rotatable bonds is 6. The van der Waals surface area contributed by atoms with Crippen LogP contribution >= 0.6 is 11.8 Å². The third-order valence-corrected chi connectivity index (χ3v) is 2.43. The summed E-state index contributed by atoms with van der Waals surface area (Å²) in [4.78, 5) is 0. The normalized spacial score (nSPS) is 13.9. The largest absolute Gasteiger partial charge is 0.271 e. The van der Waals surface area contributed by atoms with Crippen molar-refractivity contribution in [3.05, 3.63) is 0 Å². The maximum atomic E-state index is 5.38. The van der Waals surface area contributed by atoms with Crippen LogP contribution in [0.5, 0.6) is 0 Å². The van der Waals surface area contributed by atoms with Crippen molar-refractivity contribution in [2.45, 2.75) is 32.7 Å². The highest BCUT2D eigenvalue weighted by Gasteiger charge is 2.05. The average molecular weight is 176 g/mol. The number of nitrogens with one attached hydrogen (secondary N) is 1. The van der Waals surface area contributed by atoms with Crippen LogP contribution in [0.2, 0.25) is 0 Å². The lowest BCUT2D eigenvalue weighted by Crippen LogP contribution is -2.37. The van der Waals surface area contributed by atoms with Gasteiger partial charge in [0.05, 0.1) is 0 Å². The molecule has 0 aliphatic heterocycles. The molecule has 0 aromatic heterocycles. The average Bonchev–Trinajstić information content (AvgIpc) is 1.97. The molecular formula is C8H20N2S. The van der Waals surface area contributed by atoms with Gasteiger partial charge in [-0.05, 0) is 25.0 Å².